The van der Waals surface area contributed by atoms with Crippen molar-refractivity contribution in [2.45, 2.75) is 57.0 Å². The van der Waals surface area contributed by atoms with Gasteiger partial charge >= 0.3 is 6.09 Å². The first kappa shape index (κ1) is 23.0. The Hall–Kier alpha value is -3.47. The topological polar surface area (TPSA) is 46.6 Å². The van der Waals surface area contributed by atoms with Crippen LogP contribution < -0.4 is 0 Å². The molecule has 2 fully saturated rings. The molecular weight excluding hydrogens is 453 g/mol. The number of aryl methyl sites for hydroxylation is 1. The third-order valence-corrected chi connectivity index (χ3v) is 8.35. The van der Waals surface area contributed by atoms with Crippen molar-refractivity contribution in [1.82, 2.24) is 4.90 Å². The van der Waals surface area contributed by atoms with Gasteiger partial charge in [0.2, 0.25) is 0 Å². The lowest BCUT2D eigenvalue weighted by molar-refractivity contribution is 0.00642. The van der Waals surface area contributed by atoms with E-state index in [9.17, 15) is 14.0 Å². The molecule has 2 saturated heterocycles. The van der Waals surface area contributed by atoms with Crippen molar-refractivity contribution in [3.05, 3.63) is 94.8 Å². The van der Waals surface area contributed by atoms with Gasteiger partial charge in [-0.25, -0.2) is 9.18 Å². The molecule has 0 N–H and O–H groups in total. The molecule has 4 nitrogen and oxygen atoms in total. The van der Waals surface area contributed by atoms with Crippen LogP contribution in [0.5, 0.6) is 0 Å². The molecule has 6 rings (SSSR count). The number of piperidine rings is 2. The van der Waals surface area contributed by atoms with Crippen molar-refractivity contribution < 1.29 is 18.7 Å². The number of amides is 1. The summed E-state index contributed by atoms with van der Waals surface area (Å²) in [6, 6.07) is 21.5. The highest BCUT2D eigenvalue weighted by Crippen LogP contribution is 2.45. The molecule has 2 atom stereocenters. The number of nitrogens with zero attached hydrogens (tertiary/aromatic N) is 1. The van der Waals surface area contributed by atoms with Gasteiger partial charge in [-0.05, 0) is 72.9 Å². The predicted octanol–water partition coefficient (Wildman–Crippen LogP) is 6.90. The van der Waals surface area contributed by atoms with Gasteiger partial charge in [-0.15, -0.1) is 0 Å². The van der Waals surface area contributed by atoms with Crippen LogP contribution in [0.25, 0.3) is 11.1 Å². The van der Waals surface area contributed by atoms with E-state index in [-0.39, 0.29) is 41.4 Å². The van der Waals surface area contributed by atoms with Gasteiger partial charge in [0.15, 0.2) is 5.78 Å². The van der Waals surface area contributed by atoms with Crippen molar-refractivity contribution in [3.63, 3.8) is 0 Å². The van der Waals surface area contributed by atoms with Gasteiger partial charge in [0.1, 0.15) is 12.4 Å². The summed E-state index contributed by atoms with van der Waals surface area (Å²) in [5.74, 6) is -0.814. The largest absolute Gasteiger partial charge is 0.448 e. The molecule has 2 bridgehead atoms. The third kappa shape index (κ3) is 3.82. The molecule has 3 aromatic rings. The number of carbonyl (C=O) groups excluding carboxylic acids is 2. The number of halogens is 1. The number of ketones is 1. The van der Waals surface area contributed by atoms with Crippen LogP contribution in [0.4, 0.5) is 9.18 Å². The predicted molar refractivity (Wildman–Crippen MR) is 137 cm³/mol. The fourth-order valence-corrected chi connectivity index (χ4v) is 6.62. The van der Waals surface area contributed by atoms with E-state index in [0.717, 1.165) is 19.3 Å². The smallest absolute Gasteiger partial charge is 0.410 e. The Kier molecular flexibility index (Phi) is 5.87. The van der Waals surface area contributed by atoms with Crippen molar-refractivity contribution in [2.75, 3.05) is 6.61 Å². The maximum atomic E-state index is 14.7. The SMILES string of the molecule is Cc1cccc(C(=O)C2CC3CCCC(C2)N3C(=O)OCC2c3ccccc3-c3ccccc32)c1F. The van der Waals surface area contributed by atoms with Crippen LogP contribution in [0.1, 0.15) is 65.1 Å². The van der Waals surface area contributed by atoms with E-state index in [2.05, 4.69) is 24.3 Å². The molecule has 2 aliphatic heterocycles. The van der Waals surface area contributed by atoms with Gasteiger partial charge in [-0.2, -0.15) is 0 Å². The Balaban J connectivity index is 1.17. The molecular formula is C31H30FNO3. The average molecular weight is 484 g/mol. The second-order valence-corrected chi connectivity index (χ2v) is 10.4. The fourth-order valence-electron chi connectivity index (χ4n) is 6.62. The highest BCUT2D eigenvalue weighted by Gasteiger charge is 2.44. The van der Waals surface area contributed by atoms with E-state index >= 15 is 0 Å². The Morgan fingerprint density at radius 3 is 2.14 bits per heavy atom. The highest BCUT2D eigenvalue weighted by atomic mass is 19.1. The summed E-state index contributed by atoms with van der Waals surface area (Å²) >= 11 is 0. The second kappa shape index (κ2) is 9.20. The molecule has 3 aliphatic rings. The zero-order chi connectivity index (χ0) is 24.8. The summed E-state index contributed by atoms with van der Waals surface area (Å²) < 4.78 is 20.6. The molecule has 3 aromatic carbocycles. The monoisotopic (exact) mass is 483 g/mol. The summed E-state index contributed by atoms with van der Waals surface area (Å²) in [6.07, 6.45) is 3.56. The zero-order valence-electron chi connectivity index (χ0n) is 20.5. The summed E-state index contributed by atoms with van der Waals surface area (Å²) in [7, 11) is 0. The Bertz CT molecular complexity index is 1280. The van der Waals surface area contributed by atoms with Gasteiger partial charge in [0.25, 0.3) is 0 Å². The molecule has 0 spiro atoms. The van der Waals surface area contributed by atoms with Gasteiger partial charge in [-0.1, -0.05) is 60.7 Å². The Labute approximate surface area is 211 Å². The minimum absolute atomic E-state index is 0.0182. The van der Waals surface area contributed by atoms with Crippen LogP contribution in [0.15, 0.2) is 66.7 Å². The van der Waals surface area contributed by atoms with Gasteiger partial charge in [-0.3, -0.25) is 4.79 Å². The van der Waals surface area contributed by atoms with Crippen LogP contribution in [-0.2, 0) is 4.74 Å². The van der Waals surface area contributed by atoms with Gasteiger partial charge in [0.05, 0.1) is 5.56 Å². The number of rotatable bonds is 4. The second-order valence-electron chi connectivity index (χ2n) is 10.4. The molecule has 1 amide bonds. The van der Waals surface area contributed by atoms with Crippen LogP contribution >= 0.6 is 0 Å². The molecule has 1 aliphatic carbocycles. The molecule has 2 unspecified atom stereocenters. The van der Waals surface area contributed by atoms with Crippen molar-refractivity contribution >= 4 is 11.9 Å². The third-order valence-electron chi connectivity index (χ3n) is 8.35. The number of carbonyl (C=O) groups is 2. The number of hydrogen-bond donors (Lipinski definition) is 0. The van der Waals surface area contributed by atoms with E-state index in [1.807, 2.05) is 29.2 Å². The molecule has 184 valence electrons. The van der Waals surface area contributed by atoms with Gasteiger partial charge in [0, 0.05) is 23.9 Å². The fraction of sp³-hybridized carbons (Fsp3) is 0.355. The van der Waals surface area contributed by atoms with Crippen LogP contribution in [0.3, 0.4) is 0 Å². The average Bonchev–Trinajstić information content (AvgIpc) is 3.21. The molecule has 36 heavy (non-hydrogen) atoms. The van der Waals surface area contributed by atoms with Crippen molar-refractivity contribution in [1.29, 1.82) is 0 Å². The molecule has 5 heteroatoms. The van der Waals surface area contributed by atoms with Crippen LogP contribution in [-0.4, -0.2) is 35.5 Å². The summed E-state index contributed by atoms with van der Waals surface area (Å²) in [6.45, 7) is 1.97. The Morgan fingerprint density at radius 1 is 0.889 bits per heavy atom. The van der Waals surface area contributed by atoms with E-state index in [1.54, 1.807) is 25.1 Å². The quantitative estimate of drug-likeness (QED) is 0.379. The minimum atomic E-state index is -0.424. The summed E-state index contributed by atoms with van der Waals surface area (Å²) in [4.78, 5) is 28.5. The first-order valence-corrected chi connectivity index (χ1v) is 13.0. The summed E-state index contributed by atoms with van der Waals surface area (Å²) in [5, 5.41) is 0. The Morgan fingerprint density at radius 2 is 1.50 bits per heavy atom. The van der Waals surface area contributed by atoms with E-state index in [1.165, 1.54) is 22.3 Å². The zero-order valence-corrected chi connectivity index (χ0v) is 20.5. The number of fused-ring (bicyclic) bond motifs is 5. The summed E-state index contributed by atoms with van der Waals surface area (Å²) in [5.41, 5.74) is 5.44. The number of hydrogen-bond acceptors (Lipinski definition) is 3. The van der Waals surface area contributed by atoms with E-state index in [4.69, 9.17) is 4.74 Å². The number of ether oxygens (including phenoxy) is 1. The molecule has 0 radical (unpaired) electrons. The lowest BCUT2D eigenvalue weighted by atomic mass is 9.75. The number of benzene rings is 3. The van der Waals surface area contributed by atoms with E-state index < -0.39 is 5.82 Å². The first-order chi connectivity index (χ1) is 17.5. The maximum Gasteiger partial charge on any atom is 0.410 e. The number of Topliss-reactive ketones (excluding diaryl/α,β-unsaturated/α-hetero) is 1. The van der Waals surface area contributed by atoms with Crippen LogP contribution in [0, 0.1) is 18.7 Å². The van der Waals surface area contributed by atoms with Crippen molar-refractivity contribution in [3.8, 4) is 11.1 Å². The molecule has 2 heterocycles. The lowest BCUT2D eigenvalue weighted by Gasteiger charge is -2.47. The molecule has 0 aromatic heterocycles. The van der Waals surface area contributed by atoms with E-state index in [0.29, 0.717) is 25.0 Å². The lowest BCUT2D eigenvalue weighted by Crippen LogP contribution is -2.56. The first-order valence-electron chi connectivity index (χ1n) is 13.0. The highest BCUT2D eigenvalue weighted by molar-refractivity contribution is 5.98. The standard InChI is InChI=1S/C31H30FNO3/c1-19-8-6-15-27(29(19)32)30(34)20-16-21-9-7-10-22(17-20)33(21)31(35)36-18-28-25-13-4-2-11-23(25)24-12-3-5-14-26(24)28/h2-6,8,11-15,20-22,28H,7,9-10,16-18H2,1H3. The van der Waals surface area contributed by atoms with Crippen LogP contribution in [0.2, 0.25) is 0 Å². The van der Waals surface area contributed by atoms with Gasteiger partial charge < -0.3 is 9.64 Å². The molecule has 0 saturated carbocycles. The normalized spacial score (nSPS) is 22.6. The maximum absolute atomic E-state index is 14.7. The van der Waals surface area contributed by atoms with Crippen molar-refractivity contribution in [2.24, 2.45) is 5.92 Å². The minimum Gasteiger partial charge on any atom is -0.448 e.